The van der Waals surface area contributed by atoms with Crippen molar-refractivity contribution in [3.05, 3.63) is 193 Å². The lowest BCUT2D eigenvalue weighted by atomic mass is 10.1. The van der Waals surface area contributed by atoms with Gasteiger partial charge in [0.15, 0.2) is 0 Å². The number of aromatic nitrogens is 16. The van der Waals surface area contributed by atoms with E-state index in [2.05, 4.69) is 234 Å². The minimum Gasteiger partial charge on any atom is -0.361 e. The molecule has 8 heterocycles. The maximum Gasteiger partial charge on any atom is 0.137 e. The van der Waals surface area contributed by atoms with Crippen LogP contribution in [0.5, 0.6) is 0 Å². The standard InChI is InChI=1S/4C15H19N5/c4*1-19(2)6-5-13-8-17-15-4-3-12(7-14(13)15)9-20-11-16-10-18-20/h4*3-4,7-8,10-11,17H,5-6,9H2,1-2H3. The maximum absolute atomic E-state index is 4.15. The predicted molar refractivity (Wildman–Crippen MR) is 319 cm³/mol. The average Bonchev–Trinajstić information content (AvgIpc) is 4.31. The second kappa shape index (κ2) is 27.3. The zero-order chi connectivity index (χ0) is 55.8. The molecule has 12 aromatic rings. The number of hydrogen-bond acceptors (Lipinski definition) is 12. The highest BCUT2D eigenvalue weighted by molar-refractivity contribution is 5.86. The van der Waals surface area contributed by atoms with Crippen LogP contribution < -0.4 is 0 Å². The summed E-state index contributed by atoms with van der Waals surface area (Å²) in [5.41, 5.74) is 15.2. The van der Waals surface area contributed by atoms with Crippen molar-refractivity contribution in [3.63, 3.8) is 0 Å². The fraction of sp³-hybridized carbons (Fsp3) is 0.333. The van der Waals surface area contributed by atoms with Crippen LogP contribution >= 0.6 is 0 Å². The van der Waals surface area contributed by atoms with Crippen LogP contribution in [0.2, 0.25) is 0 Å². The molecule has 4 N–H and O–H groups in total. The van der Waals surface area contributed by atoms with Gasteiger partial charge in [-0.3, -0.25) is 0 Å². The molecule has 0 aliphatic rings. The van der Waals surface area contributed by atoms with Gasteiger partial charge in [0.25, 0.3) is 0 Å². The van der Waals surface area contributed by atoms with Crippen LogP contribution in [-0.4, -0.2) is 181 Å². The second-order valence-electron chi connectivity index (χ2n) is 21.4. The molecule has 0 bridgehead atoms. The van der Waals surface area contributed by atoms with Crippen molar-refractivity contribution in [2.75, 3.05) is 82.6 Å². The van der Waals surface area contributed by atoms with Gasteiger partial charge in [0.2, 0.25) is 0 Å². The topological polar surface area (TPSA) is 199 Å². The van der Waals surface area contributed by atoms with Gasteiger partial charge >= 0.3 is 0 Å². The molecule has 0 fully saturated rings. The molecular formula is C60H76N20. The van der Waals surface area contributed by atoms with Crippen LogP contribution in [0.4, 0.5) is 0 Å². The summed E-state index contributed by atoms with van der Waals surface area (Å²) in [6, 6.07) is 26.1. The lowest BCUT2D eigenvalue weighted by Gasteiger charge is -2.08. The Kier molecular flexibility index (Phi) is 19.2. The number of nitrogens with one attached hydrogen (secondary N) is 4. The van der Waals surface area contributed by atoms with Crippen LogP contribution in [-0.2, 0) is 51.9 Å². The Morgan fingerprint density at radius 2 is 0.550 bits per heavy atom. The molecule has 8 aromatic heterocycles. The molecule has 0 atom stereocenters. The molecule has 0 saturated heterocycles. The van der Waals surface area contributed by atoms with Crippen LogP contribution in [0.15, 0.2) is 148 Å². The summed E-state index contributed by atoms with van der Waals surface area (Å²) in [6.07, 6.45) is 25.9. The van der Waals surface area contributed by atoms with E-state index in [0.717, 1.165) is 78.0 Å². The third kappa shape index (κ3) is 15.8. The molecule has 20 nitrogen and oxygen atoms in total. The SMILES string of the molecule is CN(C)CCc1c[nH]c2ccc(Cn3cncn3)cc12.CN(C)CCc1c[nH]c2ccc(Cn3cncn3)cc12.CN(C)CCc1c[nH]c2ccc(Cn3cncn3)cc12.CN(C)CCc1c[nH]c2ccc(Cn3cncn3)cc12. The lowest BCUT2D eigenvalue weighted by Crippen LogP contribution is -2.14. The van der Waals surface area contributed by atoms with E-state index in [1.165, 1.54) is 88.1 Å². The van der Waals surface area contributed by atoms with E-state index in [0.29, 0.717) is 0 Å². The Bertz CT molecular complexity index is 3210. The van der Waals surface area contributed by atoms with Gasteiger partial charge in [0, 0.05) is 94.6 Å². The normalized spacial score (nSPS) is 11.6. The summed E-state index contributed by atoms with van der Waals surface area (Å²) in [5, 5.41) is 21.8. The van der Waals surface area contributed by atoms with Crippen molar-refractivity contribution in [1.29, 1.82) is 0 Å². The number of nitrogens with zero attached hydrogens (tertiary/aromatic N) is 16. The average molecular weight is 1080 g/mol. The smallest absolute Gasteiger partial charge is 0.137 e. The van der Waals surface area contributed by atoms with Gasteiger partial charge in [-0.2, -0.15) is 20.4 Å². The Balaban J connectivity index is 0.000000129. The number of hydrogen-bond donors (Lipinski definition) is 4. The van der Waals surface area contributed by atoms with Crippen molar-refractivity contribution in [2.24, 2.45) is 0 Å². The molecule has 416 valence electrons. The van der Waals surface area contributed by atoms with Gasteiger partial charge in [-0.1, -0.05) is 24.3 Å². The quantitative estimate of drug-likeness (QED) is 0.0583. The third-order valence-corrected chi connectivity index (χ3v) is 13.9. The Hall–Kier alpha value is -8.56. The molecular weight excluding hydrogens is 1000 g/mol. The first-order valence-electron chi connectivity index (χ1n) is 27.1. The molecule has 0 amide bonds. The maximum atomic E-state index is 4.15. The lowest BCUT2D eigenvalue weighted by molar-refractivity contribution is 0.414. The van der Waals surface area contributed by atoms with E-state index < -0.39 is 0 Å². The molecule has 80 heavy (non-hydrogen) atoms. The monoisotopic (exact) mass is 1080 g/mol. The van der Waals surface area contributed by atoms with Crippen LogP contribution in [0.25, 0.3) is 43.6 Å². The van der Waals surface area contributed by atoms with Gasteiger partial charge in [0.1, 0.15) is 50.6 Å². The third-order valence-electron chi connectivity index (χ3n) is 13.9. The summed E-state index contributed by atoms with van der Waals surface area (Å²) < 4.78 is 7.36. The molecule has 20 heteroatoms. The summed E-state index contributed by atoms with van der Waals surface area (Å²) in [5.74, 6) is 0. The second-order valence-corrected chi connectivity index (χ2v) is 21.4. The van der Waals surface area contributed by atoms with E-state index in [4.69, 9.17) is 0 Å². The fourth-order valence-corrected chi connectivity index (χ4v) is 9.50. The largest absolute Gasteiger partial charge is 0.361 e. The van der Waals surface area contributed by atoms with E-state index in [1.807, 2.05) is 18.7 Å². The predicted octanol–water partition coefficient (Wildman–Crippen LogP) is 7.65. The van der Waals surface area contributed by atoms with Crippen molar-refractivity contribution >= 4 is 43.6 Å². The molecule has 0 unspecified atom stereocenters. The number of benzene rings is 4. The number of likely N-dealkylation sites (N-methyl/N-ethyl adjacent to an activating group) is 4. The molecule has 0 aliphatic heterocycles. The molecule has 12 rings (SSSR count). The first kappa shape index (κ1) is 56.2. The highest BCUT2D eigenvalue weighted by Crippen LogP contribution is 2.25. The van der Waals surface area contributed by atoms with Gasteiger partial charge in [-0.15, -0.1) is 0 Å². The number of aromatic amines is 4. The van der Waals surface area contributed by atoms with Gasteiger partial charge in [-0.25, -0.2) is 38.7 Å². The summed E-state index contributed by atoms with van der Waals surface area (Å²) in [6.45, 7) is 7.26. The van der Waals surface area contributed by atoms with Gasteiger partial charge < -0.3 is 39.5 Å². The molecule has 0 radical (unpaired) electrons. The zero-order valence-electron chi connectivity index (χ0n) is 47.5. The van der Waals surface area contributed by atoms with E-state index in [1.54, 1.807) is 50.6 Å². The van der Waals surface area contributed by atoms with Gasteiger partial charge in [0.05, 0.1) is 26.2 Å². The summed E-state index contributed by atoms with van der Waals surface area (Å²) in [7, 11) is 16.8. The van der Waals surface area contributed by atoms with E-state index >= 15 is 0 Å². The summed E-state index contributed by atoms with van der Waals surface area (Å²) >= 11 is 0. The summed E-state index contributed by atoms with van der Waals surface area (Å²) in [4.78, 5) is 38.1. The highest BCUT2D eigenvalue weighted by atomic mass is 15.3. The zero-order valence-corrected chi connectivity index (χ0v) is 47.5. The Morgan fingerprint density at radius 3 is 0.738 bits per heavy atom. The molecule has 0 spiro atoms. The first-order valence-corrected chi connectivity index (χ1v) is 27.1. The Labute approximate surface area is 467 Å². The van der Waals surface area contributed by atoms with Crippen LogP contribution in [0.3, 0.4) is 0 Å². The van der Waals surface area contributed by atoms with Crippen molar-refractivity contribution in [1.82, 2.24) is 98.6 Å². The van der Waals surface area contributed by atoms with E-state index in [-0.39, 0.29) is 0 Å². The minimum absolute atomic E-state index is 0.758. The van der Waals surface area contributed by atoms with Crippen molar-refractivity contribution < 1.29 is 0 Å². The Morgan fingerprint density at radius 1 is 0.325 bits per heavy atom. The van der Waals surface area contributed by atoms with Gasteiger partial charge in [-0.05, 0) is 175 Å². The number of H-pyrrole nitrogens is 4. The van der Waals surface area contributed by atoms with Crippen LogP contribution in [0, 0.1) is 0 Å². The minimum atomic E-state index is 0.758. The van der Waals surface area contributed by atoms with Crippen molar-refractivity contribution in [3.8, 4) is 0 Å². The first-order chi connectivity index (χ1) is 38.9. The number of rotatable bonds is 20. The highest BCUT2D eigenvalue weighted by Gasteiger charge is 2.11. The fourth-order valence-electron chi connectivity index (χ4n) is 9.50. The number of fused-ring (bicyclic) bond motifs is 4. The van der Waals surface area contributed by atoms with Crippen LogP contribution in [0.1, 0.15) is 44.5 Å². The van der Waals surface area contributed by atoms with E-state index in [9.17, 15) is 0 Å². The molecule has 0 aliphatic carbocycles. The molecule has 4 aromatic carbocycles. The molecule has 0 saturated carbocycles. The van der Waals surface area contributed by atoms with Crippen molar-refractivity contribution in [2.45, 2.75) is 51.9 Å².